The minimum atomic E-state index is -3.57. The van der Waals surface area contributed by atoms with Gasteiger partial charge in [-0.25, -0.2) is 13.1 Å². The third-order valence-corrected chi connectivity index (χ3v) is 4.31. The maximum absolute atomic E-state index is 12.1. The second kappa shape index (κ2) is 6.36. The molecular formula is C13H21NO4S. The van der Waals surface area contributed by atoms with Crippen LogP contribution in [-0.4, -0.2) is 32.8 Å². The van der Waals surface area contributed by atoms with Gasteiger partial charge < -0.3 is 9.84 Å². The van der Waals surface area contributed by atoms with Crippen molar-refractivity contribution in [3.8, 4) is 5.75 Å². The molecule has 0 amide bonds. The third-order valence-electron chi connectivity index (χ3n) is 2.73. The molecule has 19 heavy (non-hydrogen) atoms. The molecular weight excluding hydrogens is 266 g/mol. The fourth-order valence-corrected chi connectivity index (χ4v) is 3.25. The second-order valence-corrected chi connectivity index (χ2v) is 6.45. The van der Waals surface area contributed by atoms with E-state index in [0.29, 0.717) is 12.2 Å². The number of hydrogen-bond donors (Lipinski definition) is 2. The molecule has 0 saturated heterocycles. The van der Waals surface area contributed by atoms with E-state index in [4.69, 9.17) is 4.74 Å². The first-order chi connectivity index (χ1) is 8.76. The lowest BCUT2D eigenvalue weighted by Gasteiger charge is -2.16. The molecule has 0 fully saturated rings. The van der Waals surface area contributed by atoms with Crippen molar-refractivity contribution in [1.82, 2.24) is 4.72 Å². The van der Waals surface area contributed by atoms with Crippen LogP contribution >= 0.6 is 0 Å². The van der Waals surface area contributed by atoms with Gasteiger partial charge in [-0.2, -0.15) is 0 Å². The van der Waals surface area contributed by atoms with Crippen molar-refractivity contribution in [1.29, 1.82) is 0 Å². The standard InChI is InChI=1S/C13H21NO4S/c1-9-7-12(5-6-13(9)18-4)19(16,17)14-10(2)8-11(3)15/h5-7,10-11,14-15H,8H2,1-4H3. The molecule has 0 saturated carbocycles. The fraction of sp³-hybridized carbons (Fsp3) is 0.538. The van der Waals surface area contributed by atoms with Crippen LogP contribution in [0.25, 0.3) is 0 Å². The van der Waals surface area contributed by atoms with E-state index in [1.807, 2.05) is 0 Å². The van der Waals surface area contributed by atoms with Gasteiger partial charge in [0.15, 0.2) is 0 Å². The van der Waals surface area contributed by atoms with Gasteiger partial charge in [-0.05, 0) is 51.0 Å². The molecule has 0 bridgehead atoms. The Labute approximate surface area is 114 Å². The van der Waals surface area contributed by atoms with Crippen molar-refractivity contribution in [3.63, 3.8) is 0 Å². The van der Waals surface area contributed by atoms with E-state index in [0.717, 1.165) is 5.56 Å². The molecule has 2 unspecified atom stereocenters. The summed E-state index contributed by atoms with van der Waals surface area (Å²) in [5.41, 5.74) is 0.758. The maximum atomic E-state index is 12.1. The molecule has 0 aromatic heterocycles. The molecule has 0 aliphatic carbocycles. The van der Waals surface area contributed by atoms with Gasteiger partial charge in [0.2, 0.25) is 10.0 Å². The lowest BCUT2D eigenvalue weighted by Crippen LogP contribution is -2.34. The van der Waals surface area contributed by atoms with Crippen molar-refractivity contribution in [2.45, 2.75) is 44.2 Å². The van der Waals surface area contributed by atoms with E-state index in [1.54, 1.807) is 40.0 Å². The van der Waals surface area contributed by atoms with E-state index >= 15 is 0 Å². The molecule has 2 N–H and O–H groups in total. The number of nitrogens with one attached hydrogen (secondary N) is 1. The van der Waals surface area contributed by atoms with Gasteiger partial charge in [-0.1, -0.05) is 0 Å². The normalized spacial score (nSPS) is 15.0. The topological polar surface area (TPSA) is 75.6 Å². The Morgan fingerprint density at radius 1 is 1.37 bits per heavy atom. The summed E-state index contributed by atoms with van der Waals surface area (Å²) < 4.78 is 31.9. The Morgan fingerprint density at radius 3 is 2.47 bits per heavy atom. The number of rotatable bonds is 6. The molecule has 2 atom stereocenters. The zero-order valence-electron chi connectivity index (χ0n) is 11.7. The molecule has 1 aromatic rings. The molecule has 5 nitrogen and oxygen atoms in total. The van der Waals surface area contributed by atoms with Crippen LogP contribution in [0.4, 0.5) is 0 Å². The lowest BCUT2D eigenvalue weighted by atomic mass is 10.2. The van der Waals surface area contributed by atoms with Crippen LogP contribution in [0.5, 0.6) is 5.75 Å². The van der Waals surface area contributed by atoms with Crippen LogP contribution in [0.3, 0.4) is 0 Å². The maximum Gasteiger partial charge on any atom is 0.240 e. The van der Waals surface area contributed by atoms with Gasteiger partial charge in [-0.3, -0.25) is 0 Å². The molecule has 0 radical (unpaired) electrons. The number of methoxy groups -OCH3 is 1. The summed E-state index contributed by atoms with van der Waals surface area (Å²) in [5.74, 6) is 0.649. The summed E-state index contributed by atoms with van der Waals surface area (Å²) in [6.45, 7) is 5.14. The molecule has 0 aliphatic rings. The van der Waals surface area contributed by atoms with E-state index in [9.17, 15) is 13.5 Å². The zero-order valence-corrected chi connectivity index (χ0v) is 12.5. The number of sulfonamides is 1. The highest BCUT2D eigenvalue weighted by atomic mass is 32.2. The Balaban J connectivity index is 2.91. The molecule has 6 heteroatoms. The van der Waals surface area contributed by atoms with Crippen LogP contribution in [0.1, 0.15) is 25.8 Å². The average molecular weight is 287 g/mol. The number of hydrogen-bond acceptors (Lipinski definition) is 4. The summed E-state index contributed by atoms with van der Waals surface area (Å²) in [7, 11) is -2.03. The van der Waals surface area contributed by atoms with Gasteiger partial charge in [0.25, 0.3) is 0 Å². The summed E-state index contributed by atoms with van der Waals surface area (Å²) in [6, 6.07) is 4.37. The largest absolute Gasteiger partial charge is 0.496 e. The first-order valence-electron chi connectivity index (χ1n) is 6.11. The van der Waals surface area contributed by atoms with Crippen molar-refractivity contribution < 1.29 is 18.3 Å². The van der Waals surface area contributed by atoms with E-state index in [2.05, 4.69) is 4.72 Å². The molecule has 0 aliphatic heterocycles. The quantitative estimate of drug-likeness (QED) is 0.830. The Hall–Kier alpha value is -1.11. The minimum absolute atomic E-state index is 0.197. The van der Waals surface area contributed by atoms with Gasteiger partial charge >= 0.3 is 0 Å². The summed E-state index contributed by atoms with van der Waals surface area (Å²) in [5, 5.41) is 9.25. The Kier molecular flexibility index (Phi) is 5.34. The Morgan fingerprint density at radius 2 is 2.00 bits per heavy atom. The lowest BCUT2D eigenvalue weighted by molar-refractivity contribution is 0.175. The van der Waals surface area contributed by atoms with Gasteiger partial charge in [0.05, 0.1) is 18.1 Å². The van der Waals surface area contributed by atoms with Crippen molar-refractivity contribution in [2.24, 2.45) is 0 Å². The monoisotopic (exact) mass is 287 g/mol. The van der Waals surface area contributed by atoms with E-state index in [-0.39, 0.29) is 10.9 Å². The molecule has 0 heterocycles. The molecule has 1 aromatic carbocycles. The molecule has 0 spiro atoms. The predicted octanol–water partition coefficient (Wildman–Crippen LogP) is 1.44. The van der Waals surface area contributed by atoms with Crippen LogP contribution in [0, 0.1) is 6.92 Å². The first kappa shape index (κ1) is 15.9. The van der Waals surface area contributed by atoms with Gasteiger partial charge in [0.1, 0.15) is 5.75 Å². The highest BCUT2D eigenvalue weighted by Gasteiger charge is 2.19. The summed E-state index contributed by atoms with van der Waals surface area (Å²) in [4.78, 5) is 0.197. The first-order valence-corrected chi connectivity index (χ1v) is 7.59. The van der Waals surface area contributed by atoms with Gasteiger partial charge in [0, 0.05) is 6.04 Å². The van der Waals surface area contributed by atoms with Crippen molar-refractivity contribution in [3.05, 3.63) is 23.8 Å². The van der Waals surface area contributed by atoms with Crippen LogP contribution in [0.2, 0.25) is 0 Å². The Bertz CT molecular complexity index is 525. The fourth-order valence-electron chi connectivity index (χ4n) is 1.91. The van der Waals surface area contributed by atoms with Gasteiger partial charge in [-0.15, -0.1) is 0 Å². The van der Waals surface area contributed by atoms with Crippen LogP contribution < -0.4 is 9.46 Å². The number of ether oxygens (including phenoxy) is 1. The van der Waals surface area contributed by atoms with Crippen LogP contribution in [0.15, 0.2) is 23.1 Å². The van der Waals surface area contributed by atoms with Crippen LogP contribution in [-0.2, 0) is 10.0 Å². The molecule has 108 valence electrons. The summed E-state index contributed by atoms with van der Waals surface area (Å²) >= 11 is 0. The minimum Gasteiger partial charge on any atom is -0.496 e. The van der Waals surface area contributed by atoms with Crippen molar-refractivity contribution >= 4 is 10.0 Å². The third kappa shape index (κ3) is 4.49. The second-order valence-electron chi connectivity index (χ2n) is 4.74. The molecule has 1 rings (SSSR count). The highest BCUT2D eigenvalue weighted by Crippen LogP contribution is 2.21. The number of aryl methyl sites for hydroxylation is 1. The number of aliphatic hydroxyl groups excluding tert-OH is 1. The predicted molar refractivity (Wildman–Crippen MR) is 73.8 cm³/mol. The van der Waals surface area contributed by atoms with Crippen molar-refractivity contribution in [2.75, 3.05) is 7.11 Å². The van der Waals surface area contributed by atoms with E-state index in [1.165, 1.54) is 6.07 Å². The SMILES string of the molecule is COc1ccc(S(=O)(=O)NC(C)CC(C)O)cc1C. The number of benzene rings is 1. The number of aliphatic hydroxyl groups is 1. The average Bonchev–Trinajstić information content (AvgIpc) is 2.26. The summed E-state index contributed by atoms with van der Waals surface area (Å²) in [6.07, 6.45) is -0.177. The van der Waals surface area contributed by atoms with E-state index < -0.39 is 16.1 Å². The zero-order chi connectivity index (χ0) is 14.6. The highest BCUT2D eigenvalue weighted by molar-refractivity contribution is 7.89. The smallest absolute Gasteiger partial charge is 0.240 e.